The van der Waals surface area contributed by atoms with Crippen LogP contribution in [0.5, 0.6) is 0 Å². The van der Waals surface area contributed by atoms with E-state index in [4.69, 9.17) is 11.6 Å². The Bertz CT molecular complexity index is 1390. The molecule has 0 aliphatic rings. The molecule has 0 bridgehead atoms. The largest absolute Gasteiger partial charge is 0.359 e. The predicted octanol–water partition coefficient (Wildman–Crippen LogP) is 3.14. The summed E-state index contributed by atoms with van der Waals surface area (Å²) in [6.45, 7) is 0.230. The fourth-order valence-corrected chi connectivity index (χ4v) is 3.73. The van der Waals surface area contributed by atoms with Crippen molar-refractivity contribution in [1.82, 2.24) is 14.5 Å². The fraction of sp³-hybridized carbons (Fsp3) is 0.125. The van der Waals surface area contributed by atoms with Crippen LogP contribution >= 0.6 is 11.6 Å². The van der Waals surface area contributed by atoms with Crippen molar-refractivity contribution in [2.45, 2.75) is 13.0 Å². The molecule has 6 nitrogen and oxygen atoms in total. The van der Waals surface area contributed by atoms with Crippen molar-refractivity contribution in [1.29, 1.82) is 0 Å². The summed E-state index contributed by atoms with van der Waals surface area (Å²) < 4.78 is 2.71. The van der Waals surface area contributed by atoms with Crippen LogP contribution in [-0.4, -0.2) is 22.1 Å². The molecule has 156 valence electrons. The molecule has 0 aliphatic heterocycles. The van der Waals surface area contributed by atoms with Gasteiger partial charge in [-0.2, -0.15) is 0 Å². The van der Waals surface area contributed by atoms with Crippen molar-refractivity contribution in [2.24, 2.45) is 0 Å². The Hall–Kier alpha value is -3.64. The normalized spacial score (nSPS) is 10.9. The number of hydrogen-bond acceptors (Lipinski definition) is 3. The van der Waals surface area contributed by atoms with Gasteiger partial charge in [0.15, 0.2) is 0 Å². The first-order valence-corrected chi connectivity index (χ1v) is 10.2. The summed E-state index contributed by atoms with van der Waals surface area (Å²) in [4.78, 5) is 38.2. The summed E-state index contributed by atoms with van der Waals surface area (Å²) in [5, 5.41) is 3.56. The zero-order valence-electron chi connectivity index (χ0n) is 16.8. The predicted molar refractivity (Wildman–Crippen MR) is 122 cm³/mol. The molecule has 0 unspecified atom stereocenters. The molecule has 1 N–H and O–H groups in total. The highest BCUT2D eigenvalue weighted by Gasteiger charge is 2.15. The summed E-state index contributed by atoms with van der Waals surface area (Å²) in [6, 6.07) is 21.2. The van der Waals surface area contributed by atoms with E-state index in [-0.39, 0.29) is 18.9 Å². The third-order valence-electron chi connectivity index (χ3n) is 5.17. The zero-order valence-corrected chi connectivity index (χ0v) is 17.6. The van der Waals surface area contributed by atoms with Crippen LogP contribution in [0.15, 0.2) is 82.4 Å². The molecule has 1 heterocycles. The summed E-state index contributed by atoms with van der Waals surface area (Å²) in [5.41, 5.74) is 1.70. The lowest BCUT2D eigenvalue weighted by atomic mass is 10.1. The molecule has 3 aromatic carbocycles. The number of nitrogens with one attached hydrogen (secondary N) is 1. The highest BCUT2D eigenvalue weighted by Crippen LogP contribution is 2.18. The van der Waals surface area contributed by atoms with Gasteiger partial charge in [0.2, 0.25) is 5.91 Å². The van der Waals surface area contributed by atoms with E-state index in [9.17, 15) is 14.4 Å². The Morgan fingerprint density at radius 3 is 2.32 bits per heavy atom. The van der Waals surface area contributed by atoms with E-state index in [0.717, 1.165) is 15.7 Å². The van der Waals surface area contributed by atoms with Crippen LogP contribution in [0.25, 0.3) is 16.6 Å². The lowest BCUT2D eigenvalue weighted by Gasteiger charge is -2.15. The van der Waals surface area contributed by atoms with Crippen LogP contribution in [0, 0.1) is 0 Å². The molecule has 0 radical (unpaired) electrons. The number of aromatic nitrogens is 2. The molecule has 0 saturated heterocycles. The van der Waals surface area contributed by atoms with Gasteiger partial charge in [-0.25, -0.2) is 9.36 Å². The van der Waals surface area contributed by atoms with E-state index in [2.05, 4.69) is 5.32 Å². The van der Waals surface area contributed by atoms with Gasteiger partial charge in [-0.1, -0.05) is 54.1 Å². The lowest BCUT2D eigenvalue weighted by Crippen LogP contribution is -2.39. The molecule has 0 atom stereocenters. The smallest absolute Gasteiger partial charge is 0.336 e. The molecule has 0 aliphatic carbocycles. The number of nitrogens with zero attached hydrogens (tertiary/aromatic N) is 2. The van der Waals surface area contributed by atoms with Gasteiger partial charge in [0.05, 0.1) is 29.6 Å². The van der Waals surface area contributed by atoms with Crippen LogP contribution in [-0.2, 0) is 17.8 Å². The summed E-state index contributed by atoms with van der Waals surface area (Å²) in [7, 11) is 1.58. The van der Waals surface area contributed by atoms with Crippen LogP contribution in [0.1, 0.15) is 11.1 Å². The van der Waals surface area contributed by atoms with Gasteiger partial charge >= 0.3 is 5.69 Å². The second-order valence-electron chi connectivity index (χ2n) is 7.13. The van der Waals surface area contributed by atoms with E-state index in [0.29, 0.717) is 21.6 Å². The maximum absolute atomic E-state index is 13.4. The average molecular weight is 434 g/mol. The first-order valence-electron chi connectivity index (χ1n) is 9.77. The minimum atomic E-state index is -0.456. The minimum absolute atomic E-state index is 0.113. The topological polar surface area (TPSA) is 73.1 Å². The molecular weight excluding hydrogens is 414 g/mol. The molecule has 7 heteroatoms. The number of hydrogen-bond donors (Lipinski definition) is 1. The Morgan fingerprint density at radius 1 is 0.935 bits per heavy atom. The van der Waals surface area contributed by atoms with Crippen molar-refractivity contribution in [3.63, 3.8) is 0 Å². The molecular formula is C24H20ClN3O3. The fourth-order valence-electron chi connectivity index (χ4n) is 3.54. The summed E-state index contributed by atoms with van der Waals surface area (Å²) in [6.07, 6.45) is 0.222. The number of carbonyl (C=O) groups excluding carboxylic acids is 1. The van der Waals surface area contributed by atoms with Crippen molar-refractivity contribution >= 4 is 28.4 Å². The highest BCUT2D eigenvalue weighted by molar-refractivity contribution is 6.31. The second kappa shape index (κ2) is 8.62. The monoisotopic (exact) mass is 433 g/mol. The molecule has 0 saturated carbocycles. The van der Waals surface area contributed by atoms with Gasteiger partial charge in [-0.3, -0.25) is 14.2 Å². The Kier molecular flexibility index (Phi) is 5.73. The average Bonchev–Trinajstić information content (AvgIpc) is 2.79. The quantitative estimate of drug-likeness (QED) is 0.525. The third-order valence-corrected chi connectivity index (χ3v) is 5.54. The number of halogens is 1. The van der Waals surface area contributed by atoms with E-state index < -0.39 is 11.2 Å². The van der Waals surface area contributed by atoms with Gasteiger partial charge in [-0.15, -0.1) is 0 Å². The number of benzene rings is 3. The summed E-state index contributed by atoms with van der Waals surface area (Å²) in [5.74, 6) is -0.113. The maximum atomic E-state index is 13.4. The second-order valence-corrected chi connectivity index (χ2v) is 7.54. The van der Waals surface area contributed by atoms with E-state index >= 15 is 0 Å². The molecule has 31 heavy (non-hydrogen) atoms. The Labute approximate surface area is 183 Å². The maximum Gasteiger partial charge on any atom is 0.336 e. The van der Waals surface area contributed by atoms with Crippen LogP contribution < -0.4 is 16.6 Å². The van der Waals surface area contributed by atoms with Crippen molar-refractivity contribution in [2.75, 3.05) is 7.05 Å². The number of likely N-dealkylation sites (N-methyl/N-ethyl adjacent to an activating group) is 1. The van der Waals surface area contributed by atoms with E-state index in [1.54, 1.807) is 66.2 Å². The number of amides is 1. The molecule has 0 fully saturated rings. The van der Waals surface area contributed by atoms with Crippen LogP contribution in [0.4, 0.5) is 0 Å². The Morgan fingerprint density at radius 2 is 1.61 bits per heavy atom. The highest BCUT2D eigenvalue weighted by atomic mass is 35.5. The van der Waals surface area contributed by atoms with E-state index in [1.165, 1.54) is 0 Å². The zero-order chi connectivity index (χ0) is 22.0. The van der Waals surface area contributed by atoms with Crippen LogP contribution in [0.3, 0.4) is 0 Å². The van der Waals surface area contributed by atoms with Gasteiger partial charge in [0, 0.05) is 12.1 Å². The van der Waals surface area contributed by atoms with Gasteiger partial charge in [0.25, 0.3) is 5.56 Å². The van der Waals surface area contributed by atoms with E-state index in [1.807, 2.05) is 18.2 Å². The van der Waals surface area contributed by atoms with Gasteiger partial charge in [-0.05, 0) is 41.5 Å². The molecule has 4 rings (SSSR count). The SMILES string of the molecule is CNC(=O)Cc1ccc(-n2c(=O)c3ccccc3n(Cc3ccccc3Cl)c2=O)cc1. The first kappa shape index (κ1) is 20.6. The number of rotatable bonds is 5. The van der Waals surface area contributed by atoms with Crippen molar-refractivity contribution < 1.29 is 4.79 Å². The van der Waals surface area contributed by atoms with Crippen LogP contribution in [0.2, 0.25) is 5.02 Å². The van der Waals surface area contributed by atoms with Crippen molar-refractivity contribution in [3.8, 4) is 5.69 Å². The molecule has 0 spiro atoms. The number of para-hydroxylation sites is 1. The number of carbonyl (C=O) groups is 1. The third kappa shape index (κ3) is 4.02. The molecule has 1 amide bonds. The summed E-state index contributed by atoms with van der Waals surface area (Å²) >= 11 is 6.32. The van der Waals surface area contributed by atoms with Gasteiger partial charge < -0.3 is 5.32 Å². The van der Waals surface area contributed by atoms with Gasteiger partial charge in [0.1, 0.15) is 0 Å². The minimum Gasteiger partial charge on any atom is -0.359 e. The Balaban J connectivity index is 1.89. The standard InChI is InChI=1S/C24H20ClN3O3/c1-26-22(29)14-16-10-12-18(13-11-16)28-23(30)19-7-3-5-9-21(19)27(24(28)31)15-17-6-2-4-8-20(17)25/h2-13H,14-15H2,1H3,(H,26,29). The molecule has 4 aromatic rings. The first-order chi connectivity index (χ1) is 15.0. The molecule has 1 aromatic heterocycles. The lowest BCUT2D eigenvalue weighted by molar-refractivity contribution is -0.119. The van der Waals surface area contributed by atoms with Crippen molar-refractivity contribution in [3.05, 3.63) is 110 Å². The number of fused-ring (bicyclic) bond motifs is 1.